The van der Waals surface area contributed by atoms with Gasteiger partial charge in [-0.3, -0.25) is 9.69 Å². The van der Waals surface area contributed by atoms with Crippen molar-refractivity contribution in [3.63, 3.8) is 0 Å². The van der Waals surface area contributed by atoms with Crippen LogP contribution < -0.4 is 0 Å². The molecule has 1 N–H and O–H groups in total. The molecule has 2 aliphatic rings. The fourth-order valence-electron chi connectivity index (χ4n) is 3.38. The van der Waals surface area contributed by atoms with Crippen LogP contribution in [0.15, 0.2) is 0 Å². The molecule has 0 bridgehead atoms. The zero-order chi connectivity index (χ0) is 15.4. The van der Waals surface area contributed by atoms with Crippen molar-refractivity contribution in [2.75, 3.05) is 20.1 Å². The molecule has 1 unspecified atom stereocenters. The summed E-state index contributed by atoms with van der Waals surface area (Å²) in [5.74, 6) is 1.12. The largest absolute Gasteiger partial charge is 0.393 e. The number of aliphatic hydroxyl groups is 1. The summed E-state index contributed by atoms with van der Waals surface area (Å²) in [6.45, 7) is 5.40. The summed E-state index contributed by atoms with van der Waals surface area (Å²) in [6, 6.07) is 0.993. The Morgan fingerprint density at radius 3 is 2.14 bits per heavy atom. The van der Waals surface area contributed by atoms with Crippen molar-refractivity contribution < 1.29 is 9.90 Å². The van der Waals surface area contributed by atoms with Gasteiger partial charge in [-0.1, -0.05) is 6.92 Å². The van der Waals surface area contributed by atoms with Gasteiger partial charge in [-0.2, -0.15) is 0 Å². The van der Waals surface area contributed by atoms with Crippen molar-refractivity contribution in [2.45, 2.75) is 77.0 Å². The zero-order valence-corrected chi connectivity index (χ0v) is 13.9. The minimum Gasteiger partial charge on any atom is -0.393 e. The monoisotopic (exact) mass is 296 g/mol. The third-order valence-corrected chi connectivity index (χ3v) is 4.94. The van der Waals surface area contributed by atoms with Gasteiger partial charge >= 0.3 is 0 Å². The van der Waals surface area contributed by atoms with Crippen LogP contribution in [-0.4, -0.2) is 59.1 Å². The molecule has 2 aliphatic carbocycles. The summed E-state index contributed by atoms with van der Waals surface area (Å²) in [5.41, 5.74) is 0. The zero-order valence-electron chi connectivity index (χ0n) is 13.9. The van der Waals surface area contributed by atoms with E-state index in [1.54, 1.807) is 6.92 Å². The summed E-state index contributed by atoms with van der Waals surface area (Å²) < 4.78 is 0. The second kappa shape index (κ2) is 7.59. The van der Waals surface area contributed by atoms with Gasteiger partial charge in [0.2, 0.25) is 5.91 Å². The Hall–Kier alpha value is -0.610. The second-order valence-electron chi connectivity index (χ2n) is 7.32. The average Bonchev–Trinajstić information content (AvgIpc) is 3.23. The number of amides is 1. The van der Waals surface area contributed by atoms with Crippen LogP contribution in [0, 0.1) is 5.92 Å². The molecule has 4 nitrogen and oxygen atoms in total. The fourth-order valence-corrected chi connectivity index (χ4v) is 3.38. The van der Waals surface area contributed by atoms with Crippen LogP contribution in [-0.2, 0) is 4.79 Å². The molecule has 0 spiro atoms. The predicted molar refractivity (Wildman–Crippen MR) is 85.1 cm³/mol. The number of likely N-dealkylation sites (N-methyl/N-ethyl adjacent to an activating group) is 1. The Morgan fingerprint density at radius 2 is 1.67 bits per heavy atom. The first-order valence-electron chi connectivity index (χ1n) is 8.65. The molecule has 2 fully saturated rings. The van der Waals surface area contributed by atoms with Gasteiger partial charge in [0.1, 0.15) is 0 Å². The van der Waals surface area contributed by atoms with Gasteiger partial charge < -0.3 is 10.0 Å². The van der Waals surface area contributed by atoms with Crippen LogP contribution in [0.4, 0.5) is 0 Å². The van der Waals surface area contributed by atoms with Crippen molar-refractivity contribution >= 4 is 5.91 Å². The highest BCUT2D eigenvalue weighted by Gasteiger charge is 2.38. The number of carbonyl (C=O) groups is 1. The summed E-state index contributed by atoms with van der Waals surface area (Å²) in [7, 11) is 1.98. The average molecular weight is 296 g/mol. The quantitative estimate of drug-likeness (QED) is 0.784. The highest BCUT2D eigenvalue weighted by Crippen LogP contribution is 2.35. The van der Waals surface area contributed by atoms with Crippen molar-refractivity contribution in [3.05, 3.63) is 0 Å². The molecule has 4 heteroatoms. The SMILES string of the molecule is CC(O)CCN(C)CC(=O)N(C1CCC(C)CC1)C1CC1. The lowest BCUT2D eigenvalue weighted by atomic mass is 9.86. The van der Waals surface area contributed by atoms with Crippen molar-refractivity contribution in [3.8, 4) is 0 Å². The maximum absolute atomic E-state index is 12.7. The molecule has 0 heterocycles. The molecule has 2 saturated carbocycles. The van der Waals surface area contributed by atoms with Gasteiger partial charge in [-0.05, 0) is 64.8 Å². The van der Waals surface area contributed by atoms with Crippen molar-refractivity contribution in [2.24, 2.45) is 5.92 Å². The highest BCUT2D eigenvalue weighted by molar-refractivity contribution is 5.79. The Morgan fingerprint density at radius 1 is 1.14 bits per heavy atom. The van der Waals surface area contributed by atoms with E-state index in [-0.39, 0.29) is 6.10 Å². The Bertz CT molecular complexity index is 334. The van der Waals surface area contributed by atoms with Crippen LogP contribution in [0.2, 0.25) is 0 Å². The molecular formula is C17H32N2O2. The van der Waals surface area contributed by atoms with E-state index in [9.17, 15) is 9.90 Å². The lowest BCUT2D eigenvalue weighted by molar-refractivity contribution is -0.136. The summed E-state index contributed by atoms with van der Waals surface area (Å²) in [6.07, 6.45) is 7.71. The van der Waals surface area contributed by atoms with Gasteiger partial charge in [-0.25, -0.2) is 0 Å². The van der Waals surface area contributed by atoms with E-state index in [4.69, 9.17) is 0 Å². The number of nitrogens with zero attached hydrogens (tertiary/aromatic N) is 2. The Kier molecular flexibility index (Phi) is 6.06. The van der Waals surface area contributed by atoms with E-state index in [1.165, 1.54) is 38.5 Å². The number of hydrogen-bond donors (Lipinski definition) is 1. The fraction of sp³-hybridized carbons (Fsp3) is 0.941. The van der Waals surface area contributed by atoms with E-state index < -0.39 is 0 Å². The van der Waals surface area contributed by atoms with Crippen LogP contribution in [0.1, 0.15) is 58.8 Å². The van der Waals surface area contributed by atoms with E-state index in [1.807, 2.05) is 7.05 Å². The molecule has 1 atom stereocenters. The molecule has 1 amide bonds. The molecule has 0 saturated heterocycles. The number of aliphatic hydroxyl groups excluding tert-OH is 1. The van der Waals surface area contributed by atoms with Gasteiger partial charge in [0.15, 0.2) is 0 Å². The third-order valence-electron chi connectivity index (χ3n) is 4.94. The first-order valence-corrected chi connectivity index (χ1v) is 8.65. The maximum atomic E-state index is 12.7. The molecule has 0 aromatic heterocycles. The first kappa shape index (κ1) is 16.8. The molecule has 0 aliphatic heterocycles. The van der Waals surface area contributed by atoms with Gasteiger partial charge in [0.05, 0.1) is 12.6 Å². The van der Waals surface area contributed by atoms with Gasteiger partial charge in [0, 0.05) is 18.6 Å². The summed E-state index contributed by atoms with van der Waals surface area (Å²) in [5, 5.41) is 9.35. The lowest BCUT2D eigenvalue weighted by Gasteiger charge is -2.37. The number of rotatable bonds is 7. The van der Waals surface area contributed by atoms with Gasteiger partial charge in [-0.15, -0.1) is 0 Å². The van der Waals surface area contributed by atoms with E-state index in [0.29, 0.717) is 24.5 Å². The minimum atomic E-state index is -0.290. The normalized spacial score (nSPS) is 27.7. The molecule has 0 radical (unpaired) electrons. The predicted octanol–water partition coefficient (Wildman–Crippen LogP) is 2.26. The summed E-state index contributed by atoms with van der Waals surface area (Å²) >= 11 is 0. The van der Waals surface area contributed by atoms with Crippen molar-refractivity contribution in [1.82, 2.24) is 9.80 Å². The minimum absolute atomic E-state index is 0.290. The maximum Gasteiger partial charge on any atom is 0.237 e. The van der Waals surface area contributed by atoms with Crippen molar-refractivity contribution in [1.29, 1.82) is 0 Å². The smallest absolute Gasteiger partial charge is 0.237 e. The van der Waals surface area contributed by atoms with Crippen LogP contribution in [0.25, 0.3) is 0 Å². The molecule has 0 aromatic rings. The molecule has 0 aromatic carbocycles. The molecule has 122 valence electrons. The Labute approximate surface area is 129 Å². The standard InChI is InChI=1S/C17H32N2O2/c1-13-4-6-15(7-5-13)19(16-8-9-16)17(21)12-18(3)11-10-14(2)20/h13-16,20H,4-12H2,1-3H3. The van der Waals surface area contributed by atoms with E-state index in [2.05, 4.69) is 16.7 Å². The van der Waals surface area contributed by atoms with Crippen LogP contribution in [0.3, 0.4) is 0 Å². The van der Waals surface area contributed by atoms with E-state index >= 15 is 0 Å². The van der Waals surface area contributed by atoms with Crippen LogP contribution in [0.5, 0.6) is 0 Å². The topological polar surface area (TPSA) is 43.8 Å². The molecule has 2 rings (SSSR count). The highest BCUT2D eigenvalue weighted by atomic mass is 16.3. The second-order valence-corrected chi connectivity index (χ2v) is 7.32. The number of hydrogen-bond acceptors (Lipinski definition) is 3. The van der Waals surface area contributed by atoms with Gasteiger partial charge in [0.25, 0.3) is 0 Å². The first-order chi connectivity index (χ1) is 9.97. The molecule has 21 heavy (non-hydrogen) atoms. The lowest BCUT2D eigenvalue weighted by Crippen LogP contribution is -2.47. The number of carbonyl (C=O) groups excluding carboxylic acids is 1. The molecular weight excluding hydrogens is 264 g/mol. The Balaban J connectivity index is 1.84. The van der Waals surface area contributed by atoms with E-state index in [0.717, 1.165) is 18.9 Å². The summed E-state index contributed by atoms with van der Waals surface area (Å²) in [4.78, 5) is 16.9. The van der Waals surface area contributed by atoms with Crippen LogP contribution >= 0.6 is 0 Å². The third kappa shape index (κ3) is 5.26.